The van der Waals surface area contributed by atoms with E-state index in [0.29, 0.717) is 16.5 Å². The van der Waals surface area contributed by atoms with Crippen molar-refractivity contribution in [3.63, 3.8) is 0 Å². The molecular formula is C27H21F2N5O2. The average Bonchev–Trinajstić information content (AvgIpc) is 3.26. The van der Waals surface area contributed by atoms with Gasteiger partial charge in [-0.1, -0.05) is 30.3 Å². The molecule has 2 aromatic heterocycles. The van der Waals surface area contributed by atoms with Crippen LogP contribution in [0.25, 0.3) is 33.4 Å². The van der Waals surface area contributed by atoms with E-state index >= 15 is 4.39 Å². The largest absolute Gasteiger partial charge is 0.496 e. The molecule has 0 fully saturated rings. The number of aryl methyl sites for hydroxylation is 2. The van der Waals surface area contributed by atoms with Gasteiger partial charge in [-0.3, -0.25) is 9.48 Å². The maximum Gasteiger partial charge on any atom is 0.274 e. The van der Waals surface area contributed by atoms with E-state index in [-0.39, 0.29) is 28.5 Å². The van der Waals surface area contributed by atoms with E-state index in [2.05, 4.69) is 20.4 Å². The summed E-state index contributed by atoms with van der Waals surface area (Å²) in [7, 11) is 3.07. The number of hydrogen-bond acceptors (Lipinski definition) is 5. The van der Waals surface area contributed by atoms with Crippen LogP contribution in [0.2, 0.25) is 0 Å². The molecule has 0 saturated heterocycles. The number of rotatable bonds is 5. The van der Waals surface area contributed by atoms with Crippen LogP contribution in [-0.4, -0.2) is 32.8 Å². The van der Waals surface area contributed by atoms with E-state index in [0.717, 1.165) is 11.1 Å². The van der Waals surface area contributed by atoms with Crippen molar-refractivity contribution in [3.05, 3.63) is 89.9 Å². The monoisotopic (exact) mass is 485 g/mol. The van der Waals surface area contributed by atoms with Gasteiger partial charge in [0.05, 0.1) is 24.6 Å². The van der Waals surface area contributed by atoms with Crippen molar-refractivity contribution in [2.24, 2.45) is 7.05 Å². The van der Waals surface area contributed by atoms with Crippen LogP contribution in [0.4, 0.5) is 14.5 Å². The van der Waals surface area contributed by atoms with Crippen LogP contribution in [-0.2, 0) is 7.05 Å². The van der Waals surface area contributed by atoms with E-state index in [1.165, 1.54) is 42.3 Å². The number of amides is 1. The Morgan fingerprint density at radius 2 is 1.83 bits per heavy atom. The Bertz CT molecular complexity index is 1630. The molecule has 0 aliphatic carbocycles. The maximum atomic E-state index is 15.1. The minimum Gasteiger partial charge on any atom is -0.496 e. The normalized spacial score (nSPS) is 11.0. The first-order chi connectivity index (χ1) is 17.4. The molecule has 1 amide bonds. The third-order valence-corrected chi connectivity index (χ3v) is 5.94. The van der Waals surface area contributed by atoms with Crippen molar-refractivity contribution >= 4 is 22.5 Å². The quantitative estimate of drug-likeness (QED) is 0.353. The minimum absolute atomic E-state index is 0.00869. The molecule has 5 rings (SSSR count). The fourth-order valence-corrected chi connectivity index (χ4v) is 4.24. The molecular weight excluding hydrogens is 464 g/mol. The van der Waals surface area contributed by atoms with Crippen molar-refractivity contribution in [1.82, 2.24) is 19.7 Å². The van der Waals surface area contributed by atoms with Crippen LogP contribution in [0.3, 0.4) is 0 Å². The molecule has 3 aromatic carbocycles. The first-order valence-corrected chi connectivity index (χ1v) is 11.1. The summed E-state index contributed by atoms with van der Waals surface area (Å²) in [4.78, 5) is 21.7. The molecule has 180 valence electrons. The lowest BCUT2D eigenvalue weighted by Gasteiger charge is -2.15. The topological polar surface area (TPSA) is 81.9 Å². The van der Waals surface area contributed by atoms with Crippen molar-refractivity contribution in [3.8, 4) is 28.3 Å². The highest BCUT2D eigenvalue weighted by Gasteiger charge is 2.22. The van der Waals surface area contributed by atoms with E-state index < -0.39 is 17.5 Å². The first kappa shape index (κ1) is 23.1. The zero-order valence-corrected chi connectivity index (χ0v) is 19.7. The molecule has 0 unspecified atom stereocenters. The molecule has 0 aliphatic heterocycles. The van der Waals surface area contributed by atoms with E-state index in [1.807, 2.05) is 31.2 Å². The number of nitrogens with one attached hydrogen (secondary N) is 1. The molecule has 0 atom stereocenters. The smallest absolute Gasteiger partial charge is 0.274 e. The van der Waals surface area contributed by atoms with Gasteiger partial charge >= 0.3 is 0 Å². The standard InChI is InChI=1S/C27H21F2N5O2/c1-15-7-4-5-8-16(15)23-17-14-31-34(2)25(17)19(29)13-21(23)33-27(35)20-11-12-30-26(32-20)24-18(28)9-6-10-22(24)36-3/h4-14H,1-3H3,(H,33,35). The van der Waals surface area contributed by atoms with Crippen molar-refractivity contribution in [1.29, 1.82) is 0 Å². The van der Waals surface area contributed by atoms with Gasteiger partial charge in [0.2, 0.25) is 0 Å². The summed E-state index contributed by atoms with van der Waals surface area (Å²) in [5.41, 5.74) is 3.01. The average molecular weight is 485 g/mol. The summed E-state index contributed by atoms with van der Waals surface area (Å²) in [5.74, 6) is -1.49. The Labute approximate surface area is 205 Å². The van der Waals surface area contributed by atoms with Crippen LogP contribution in [0.15, 0.2) is 67.0 Å². The lowest BCUT2D eigenvalue weighted by Crippen LogP contribution is -2.15. The first-order valence-electron chi connectivity index (χ1n) is 11.1. The van der Waals surface area contributed by atoms with Crippen molar-refractivity contribution in [2.45, 2.75) is 6.92 Å². The number of anilines is 1. The van der Waals surface area contributed by atoms with E-state index in [4.69, 9.17) is 4.74 Å². The third-order valence-electron chi connectivity index (χ3n) is 5.94. The van der Waals surface area contributed by atoms with Crippen LogP contribution in [0.5, 0.6) is 5.75 Å². The van der Waals surface area contributed by atoms with Gasteiger partial charge in [-0.15, -0.1) is 0 Å². The number of halogens is 2. The number of benzene rings is 3. The minimum atomic E-state index is -0.605. The number of ether oxygens (including phenoxy) is 1. The number of carbonyl (C=O) groups is 1. The Kier molecular flexibility index (Phi) is 5.89. The van der Waals surface area contributed by atoms with Crippen molar-refractivity contribution in [2.75, 3.05) is 12.4 Å². The molecule has 1 N–H and O–H groups in total. The number of methoxy groups -OCH3 is 1. The maximum absolute atomic E-state index is 15.1. The molecule has 2 heterocycles. The second-order valence-electron chi connectivity index (χ2n) is 8.16. The summed E-state index contributed by atoms with van der Waals surface area (Å²) >= 11 is 0. The zero-order valence-electron chi connectivity index (χ0n) is 19.7. The predicted molar refractivity (Wildman–Crippen MR) is 133 cm³/mol. The highest BCUT2D eigenvalue weighted by atomic mass is 19.1. The molecule has 0 bridgehead atoms. The van der Waals surface area contributed by atoms with Gasteiger partial charge in [-0.25, -0.2) is 18.7 Å². The van der Waals surface area contributed by atoms with E-state index in [1.54, 1.807) is 19.3 Å². The Morgan fingerprint density at radius 1 is 1.03 bits per heavy atom. The van der Waals surface area contributed by atoms with Crippen LogP contribution >= 0.6 is 0 Å². The Balaban J connectivity index is 1.61. The van der Waals surface area contributed by atoms with Gasteiger partial charge in [-0.05, 0) is 36.2 Å². The van der Waals surface area contributed by atoms with Gasteiger partial charge in [-0.2, -0.15) is 5.10 Å². The van der Waals surface area contributed by atoms with Gasteiger partial charge in [0, 0.05) is 30.3 Å². The van der Waals surface area contributed by atoms with Gasteiger partial charge in [0.15, 0.2) is 11.6 Å². The summed E-state index contributed by atoms with van der Waals surface area (Å²) < 4.78 is 36.4. The van der Waals surface area contributed by atoms with Crippen LogP contribution in [0, 0.1) is 18.6 Å². The lowest BCUT2D eigenvalue weighted by atomic mass is 9.95. The summed E-state index contributed by atoms with van der Waals surface area (Å²) in [6.07, 6.45) is 2.93. The Morgan fingerprint density at radius 3 is 2.61 bits per heavy atom. The molecule has 0 spiro atoms. The van der Waals surface area contributed by atoms with Gasteiger partial charge in [0.25, 0.3) is 5.91 Å². The molecule has 36 heavy (non-hydrogen) atoms. The SMILES string of the molecule is COc1cccc(F)c1-c1nccc(C(=O)Nc2cc(F)c3c(cnn3C)c2-c2ccccc2C)n1. The van der Waals surface area contributed by atoms with Gasteiger partial charge < -0.3 is 10.1 Å². The molecule has 0 aliphatic rings. The van der Waals surface area contributed by atoms with Gasteiger partial charge in [0.1, 0.15) is 22.8 Å². The summed E-state index contributed by atoms with van der Waals surface area (Å²) in [5, 5.41) is 7.56. The summed E-state index contributed by atoms with van der Waals surface area (Å²) in [6.45, 7) is 1.94. The fraction of sp³-hybridized carbons (Fsp3) is 0.111. The van der Waals surface area contributed by atoms with Crippen LogP contribution < -0.4 is 10.1 Å². The van der Waals surface area contributed by atoms with E-state index in [9.17, 15) is 9.18 Å². The second-order valence-corrected chi connectivity index (χ2v) is 8.16. The number of fused-ring (bicyclic) bond motifs is 1. The molecule has 0 saturated carbocycles. The molecule has 7 nitrogen and oxygen atoms in total. The zero-order chi connectivity index (χ0) is 25.4. The highest BCUT2D eigenvalue weighted by molar-refractivity contribution is 6.10. The Hall–Kier alpha value is -4.66. The number of hydrogen-bond donors (Lipinski definition) is 1. The fourth-order valence-electron chi connectivity index (χ4n) is 4.24. The number of aromatic nitrogens is 4. The summed E-state index contributed by atoms with van der Waals surface area (Å²) in [6, 6.07) is 14.6. The lowest BCUT2D eigenvalue weighted by molar-refractivity contribution is 0.102. The molecule has 9 heteroatoms. The third kappa shape index (κ3) is 3.94. The van der Waals surface area contributed by atoms with Crippen molar-refractivity contribution < 1.29 is 18.3 Å². The number of carbonyl (C=O) groups excluding carboxylic acids is 1. The highest BCUT2D eigenvalue weighted by Crippen LogP contribution is 2.39. The number of nitrogens with zero attached hydrogens (tertiary/aromatic N) is 4. The predicted octanol–water partition coefficient (Wildman–Crippen LogP) is 5.54. The molecule has 5 aromatic rings. The van der Waals surface area contributed by atoms with Crippen LogP contribution in [0.1, 0.15) is 16.1 Å². The molecule has 0 radical (unpaired) electrons. The second kappa shape index (κ2) is 9.18.